The van der Waals surface area contributed by atoms with Crippen molar-refractivity contribution in [2.45, 2.75) is 19.9 Å². The second kappa shape index (κ2) is 11.2. The molecule has 1 atom stereocenters. The van der Waals surface area contributed by atoms with Crippen LogP contribution in [0.15, 0.2) is 66.7 Å². The first-order valence-electron chi connectivity index (χ1n) is 10.8. The van der Waals surface area contributed by atoms with Crippen molar-refractivity contribution in [1.29, 1.82) is 0 Å². The van der Waals surface area contributed by atoms with Crippen molar-refractivity contribution in [1.82, 2.24) is 5.32 Å². The maximum Gasteiger partial charge on any atom is 0.339 e. The van der Waals surface area contributed by atoms with Crippen LogP contribution in [0.25, 0.3) is 16.3 Å². The lowest BCUT2D eigenvalue weighted by atomic mass is 10.0. The molecular weight excluding hydrogens is 432 g/mol. The van der Waals surface area contributed by atoms with Crippen LogP contribution in [-0.4, -0.2) is 44.7 Å². The van der Waals surface area contributed by atoms with Gasteiger partial charge in [-0.05, 0) is 60.0 Å². The lowest BCUT2D eigenvalue weighted by Crippen LogP contribution is -2.35. The molecule has 3 aromatic rings. The first-order chi connectivity index (χ1) is 16.3. The number of fused-ring (bicyclic) bond motifs is 1. The minimum Gasteiger partial charge on any atom is -0.465 e. The Morgan fingerprint density at radius 3 is 2.35 bits per heavy atom. The molecule has 0 saturated heterocycles. The number of nitrogens with one attached hydrogen (secondary N) is 2. The van der Waals surface area contributed by atoms with Crippen LogP contribution < -0.4 is 10.6 Å². The third-order valence-electron chi connectivity index (χ3n) is 5.29. The minimum atomic E-state index is -0.620. The number of esters is 1. The molecule has 2 N–H and O–H groups in total. The van der Waals surface area contributed by atoms with E-state index in [4.69, 9.17) is 9.47 Å². The largest absolute Gasteiger partial charge is 0.465 e. The fraction of sp³-hybridized carbons (Fsp3) is 0.222. The van der Waals surface area contributed by atoms with E-state index in [1.54, 1.807) is 7.11 Å². The standard InChI is InChI=1S/C27H28N2O5/c1-17(20-10-9-19-7-5-6-8-21(19)14-20)13-25(30)29-24-15-22(11-12-23(24)27(32)34-4)26(31)28-18(2)16-33-3/h5-15,18H,16H2,1-4H3,(H,28,31)(H,29,30). The molecule has 0 saturated carbocycles. The molecule has 1 unspecified atom stereocenters. The van der Waals surface area contributed by atoms with E-state index in [0.717, 1.165) is 21.9 Å². The van der Waals surface area contributed by atoms with Gasteiger partial charge in [0.2, 0.25) is 5.91 Å². The van der Waals surface area contributed by atoms with E-state index in [-0.39, 0.29) is 23.2 Å². The molecule has 7 heteroatoms. The van der Waals surface area contributed by atoms with Gasteiger partial charge in [0.1, 0.15) is 0 Å². The Labute approximate surface area is 198 Å². The molecule has 0 radical (unpaired) electrons. The van der Waals surface area contributed by atoms with Crippen LogP contribution in [0.2, 0.25) is 0 Å². The van der Waals surface area contributed by atoms with E-state index in [0.29, 0.717) is 12.2 Å². The monoisotopic (exact) mass is 460 g/mol. The summed E-state index contributed by atoms with van der Waals surface area (Å²) in [5.74, 6) is -1.40. The number of rotatable bonds is 8. The van der Waals surface area contributed by atoms with Crippen LogP contribution >= 0.6 is 0 Å². The molecule has 0 spiro atoms. The van der Waals surface area contributed by atoms with E-state index in [1.807, 2.05) is 56.3 Å². The summed E-state index contributed by atoms with van der Waals surface area (Å²) in [6.07, 6.45) is 1.46. The Morgan fingerprint density at radius 2 is 1.65 bits per heavy atom. The van der Waals surface area contributed by atoms with Crippen molar-refractivity contribution in [2.24, 2.45) is 0 Å². The van der Waals surface area contributed by atoms with Crippen molar-refractivity contribution < 1.29 is 23.9 Å². The van der Waals surface area contributed by atoms with Gasteiger partial charge in [0.15, 0.2) is 0 Å². The highest BCUT2D eigenvalue weighted by Gasteiger charge is 2.18. The van der Waals surface area contributed by atoms with Gasteiger partial charge in [-0.3, -0.25) is 9.59 Å². The number of ether oxygens (including phenoxy) is 2. The van der Waals surface area contributed by atoms with E-state index < -0.39 is 11.9 Å². The zero-order valence-corrected chi connectivity index (χ0v) is 19.7. The van der Waals surface area contributed by atoms with Gasteiger partial charge >= 0.3 is 5.97 Å². The molecule has 0 aliphatic rings. The Hall–Kier alpha value is -3.97. The number of hydrogen-bond donors (Lipinski definition) is 2. The molecule has 2 amide bonds. The second-order valence-corrected chi connectivity index (χ2v) is 7.96. The molecular formula is C27H28N2O5. The zero-order valence-electron chi connectivity index (χ0n) is 19.7. The maximum atomic E-state index is 12.8. The number of carbonyl (C=O) groups is 3. The van der Waals surface area contributed by atoms with Crippen molar-refractivity contribution in [3.63, 3.8) is 0 Å². The highest BCUT2D eigenvalue weighted by atomic mass is 16.5. The molecule has 3 aromatic carbocycles. The van der Waals surface area contributed by atoms with Gasteiger partial charge in [0, 0.05) is 24.8 Å². The predicted molar refractivity (Wildman–Crippen MR) is 133 cm³/mol. The third kappa shape index (κ3) is 6.08. The SMILES string of the molecule is COCC(C)NC(=O)c1ccc(C(=O)OC)c(NC(=O)C=C(C)c2ccc3ccccc3c2)c1. The van der Waals surface area contributed by atoms with Crippen LogP contribution in [0, 0.1) is 0 Å². The summed E-state index contributed by atoms with van der Waals surface area (Å²) in [6, 6.07) is 18.2. The molecule has 176 valence electrons. The molecule has 0 bridgehead atoms. The van der Waals surface area contributed by atoms with Crippen LogP contribution in [0.4, 0.5) is 5.69 Å². The Balaban J connectivity index is 1.85. The smallest absolute Gasteiger partial charge is 0.339 e. The van der Waals surface area contributed by atoms with E-state index in [2.05, 4.69) is 10.6 Å². The summed E-state index contributed by atoms with van der Waals surface area (Å²) >= 11 is 0. The molecule has 3 rings (SSSR count). The van der Waals surface area contributed by atoms with Crippen molar-refractivity contribution in [3.05, 3.63) is 83.4 Å². The van der Waals surface area contributed by atoms with Gasteiger partial charge in [-0.1, -0.05) is 36.4 Å². The fourth-order valence-electron chi connectivity index (χ4n) is 3.56. The average Bonchev–Trinajstić information content (AvgIpc) is 2.83. The van der Waals surface area contributed by atoms with Gasteiger partial charge < -0.3 is 20.1 Å². The van der Waals surface area contributed by atoms with Crippen molar-refractivity contribution in [3.8, 4) is 0 Å². The number of carbonyl (C=O) groups excluding carboxylic acids is 3. The molecule has 0 fully saturated rings. The maximum absolute atomic E-state index is 12.8. The Morgan fingerprint density at radius 1 is 0.941 bits per heavy atom. The number of anilines is 1. The van der Waals surface area contributed by atoms with Gasteiger partial charge in [-0.25, -0.2) is 4.79 Å². The number of allylic oxidation sites excluding steroid dienone is 1. The zero-order chi connectivity index (χ0) is 24.7. The highest BCUT2D eigenvalue weighted by Crippen LogP contribution is 2.23. The van der Waals surface area contributed by atoms with E-state index >= 15 is 0 Å². The van der Waals surface area contributed by atoms with Crippen LogP contribution in [-0.2, 0) is 14.3 Å². The average molecular weight is 461 g/mol. The van der Waals surface area contributed by atoms with Crippen LogP contribution in [0.3, 0.4) is 0 Å². The van der Waals surface area contributed by atoms with Crippen LogP contribution in [0.5, 0.6) is 0 Å². The fourth-order valence-corrected chi connectivity index (χ4v) is 3.56. The molecule has 0 aromatic heterocycles. The Bertz CT molecular complexity index is 1250. The van der Waals surface area contributed by atoms with Gasteiger partial charge in [0.25, 0.3) is 5.91 Å². The Kier molecular flexibility index (Phi) is 8.16. The summed E-state index contributed by atoms with van der Waals surface area (Å²) in [5.41, 5.74) is 2.29. The number of benzene rings is 3. The minimum absolute atomic E-state index is 0.147. The van der Waals surface area contributed by atoms with Crippen LogP contribution in [0.1, 0.15) is 40.1 Å². The summed E-state index contributed by atoms with van der Waals surface area (Å²) in [6.45, 7) is 4.01. The van der Waals surface area contributed by atoms with Crippen molar-refractivity contribution >= 4 is 39.8 Å². The molecule has 0 heterocycles. The predicted octanol–water partition coefficient (Wildman–Crippen LogP) is 4.43. The van der Waals surface area contributed by atoms with E-state index in [9.17, 15) is 14.4 Å². The number of amides is 2. The normalized spacial score (nSPS) is 12.2. The number of hydrogen-bond acceptors (Lipinski definition) is 5. The molecule has 7 nitrogen and oxygen atoms in total. The van der Waals surface area contributed by atoms with Gasteiger partial charge in [-0.2, -0.15) is 0 Å². The third-order valence-corrected chi connectivity index (χ3v) is 5.29. The number of methoxy groups -OCH3 is 2. The quantitative estimate of drug-likeness (QED) is 0.383. The van der Waals surface area contributed by atoms with Crippen molar-refractivity contribution in [2.75, 3.05) is 26.1 Å². The summed E-state index contributed by atoms with van der Waals surface area (Å²) in [5, 5.41) is 7.70. The highest BCUT2D eigenvalue weighted by molar-refractivity contribution is 6.09. The topological polar surface area (TPSA) is 93.7 Å². The molecule has 0 aliphatic carbocycles. The summed E-state index contributed by atoms with van der Waals surface area (Å²) < 4.78 is 9.86. The lowest BCUT2D eigenvalue weighted by molar-refractivity contribution is -0.111. The lowest BCUT2D eigenvalue weighted by Gasteiger charge is -2.15. The first-order valence-corrected chi connectivity index (χ1v) is 10.8. The molecule has 0 aliphatic heterocycles. The van der Waals surface area contributed by atoms with Gasteiger partial charge in [0.05, 0.1) is 25.0 Å². The van der Waals surface area contributed by atoms with Gasteiger partial charge in [-0.15, -0.1) is 0 Å². The van der Waals surface area contributed by atoms with E-state index in [1.165, 1.54) is 31.4 Å². The first kappa shape index (κ1) is 24.7. The summed E-state index contributed by atoms with van der Waals surface area (Å²) in [7, 11) is 2.81. The molecule has 34 heavy (non-hydrogen) atoms. The second-order valence-electron chi connectivity index (χ2n) is 7.96. The summed E-state index contributed by atoms with van der Waals surface area (Å²) in [4.78, 5) is 37.6.